The first-order valence-electron chi connectivity index (χ1n) is 19.3. The summed E-state index contributed by atoms with van der Waals surface area (Å²) in [6.07, 6.45) is 0. The van der Waals surface area contributed by atoms with E-state index in [1.807, 2.05) is 13.8 Å². The molecule has 0 N–H and O–H groups in total. The van der Waals surface area contributed by atoms with Crippen molar-refractivity contribution in [2.45, 2.75) is 53.0 Å². The van der Waals surface area contributed by atoms with E-state index in [1.54, 1.807) is 127 Å². The van der Waals surface area contributed by atoms with Gasteiger partial charge in [-0.15, -0.1) is 0 Å². The Labute approximate surface area is 362 Å². The average Bonchev–Trinajstić information content (AvgIpc) is 3.29. The van der Waals surface area contributed by atoms with E-state index < -0.39 is 39.3 Å². The molecule has 0 unspecified atom stereocenters. The molecular formula is C50H38O8S4. The van der Waals surface area contributed by atoms with Gasteiger partial charge in [0.05, 0.1) is 39.2 Å². The van der Waals surface area contributed by atoms with E-state index in [0.29, 0.717) is 22.3 Å². The summed E-state index contributed by atoms with van der Waals surface area (Å²) in [4.78, 5) is 1.02. The summed E-state index contributed by atoms with van der Waals surface area (Å²) >= 11 is 0. The molecule has 0 amide bonds. The number of aryl methyl sites for hydroxylation is 2. The quantitative estimate of drug-likeness (QED) is 0.125. The van der Waals surface area contributed by atoms with Crippen molar-refractivity contribution in [3.05, 3.63) is 205 Å². The van der Waals surface area contributed by atoms with Crippen LogP contribution in [0.1, 0.15) is 11.1 Å². The minimum Gasteiger partial charge on any atom is -0.219 e. The molecule has 0 spiro atoms. The fourth-order valence-electron chi connectivity index (χ4n) is 6.95. The third-order valence-electron chi connectivity index (χ3n) is 10.6. The molecule has 8 aromatic rings. The number of hydrogen-bond donors (Lipinski definition) is 0. The summed E-state index contributed by atoms with van der Waals surface area (Å²) < 4.78 is 107. The zero-order valence-corrected chi connectivity index (χ0v) is 36.6. The first-order chi connectivity index (χ1) is 29.5. The second kappa shape index (κ2) is 16.4. The van der Waals surface area contributed by atoms with Crippen molar-refractivity contribution in [1.29, 1.82) is 0 Å². The van der Waals surface area contributed by atoms with E-state index in [-0.39, 0.29) is 39.2 Å². The first kappa shape index (κ1) is 42.3. The molecule has 8 nitrogen and oxygen atoms in total. The SMILES string of the molecule is Cc1ccc(S(=O)(=O)c2ccc(-c3ccc(S(=O)(=O)c4ccc(-c5ccc(S(=O)(=O)c6ccc(-c7cccc(S(=O)(=O)c8ccc(C)cc8)c7)cc6)cc5)cc4)cc3)cc2)cc1. The maximum absolute atomic E-state index is 13.6. The van der Waals surface area contributed by atoms with Crippen LogP contribution in [0.25, 0.3) is 33.4 Å². The molecular weight excluding hydrogens is 857 g/mol. The van der Waals surface area contributed by atoms with Gasteiger partial charge in [0, 0.05) is 0 Å². The fraction of sp³-hybridized carbons (Fsp3) is 0.0400. The molecule has 0 radical (unpaired) electrons. The molecule has 0 aliphatic rings. The van der Waals surface area contributed by atoms with Crippen molar-refractivity contribution in [2.75, 3.05) is 0 Å². The van der Waals surface area contributed by atoms with E-state index in [9.17, 15) is 33.7 Å². The van der Waals surface area contributed by atoms with E-state index in [2.05, 4.69) is 0 Å². The standard InChI is InChI=1S/C50H38O8S4/c1-35-6-20-43(21-7-35)59(51,52)45-24-10-37(11-25-45)38-12-26-46(27-13-38)60(53,54)47-28-14-39(15-29-47)40-16-30-48(31-17-40)61(55,56)49-32-18-41(19-33-49)42-4-3-5-50(34-42)62(57,58)44-22-8-36(2)9-23-44/h3-34H,1-2H3. The molecule has 310 valence electrons. The van der Waals surface area contributed by atoms with Gasteiger partial charge in [-0.1, -0.05) is 108 Å². The lowest BCUT2D eigenvalue weighted by atomic mass is 10.1. The molecule has 0 saturated carbocycles. The van der Waals surface area contributed by atoms with Crippen LogP contribution in [0.4, 0.5) is 0 Å². The van der Waals surface area contributed by atoms with Crippen molar-refractivity contribution in [3.8, 4) is 33.4 Å². The Morgan fingerprint density at radius 1 is 0.226 bits per heavy atom. The molecule has 0 aliphatic heterocycles. The monoisotopic (exact) mass is 894 g/mol. The van der Waals surface area contributed by atoms with Gasteiger partial charge < -0.3 is 0 Å². The Balaban J connectivity index is 0.937. The summed E-state index contributed by atoms with van der Waals surface area (Å²) in [6.45, 7) is 3.77. The van der Waals surface area contributed by atoms with Gasteiger partial charge in [-0.2, -0.15) is 0 Å². The third kappa shape index (κ3) is 8.29. The zero-order valence-electron chi connectivity index (χ0n) is 33.4. The Morgan fingerprint density at radius 2 is 0.435 bits per heavy atom. The number of rotatable bonds is 11. The topological polar surface area (TPSA) is 137 Å². The lowest BCUT2D eigenvalue weighted by Crippen LogP contribution is -2.03. The van der Waals surface area contributed by atoms with Crippen molar-refractivity contribution in [3.63, 3.8) is 0 Å². The lowest BCUT2D eigenvalue weighted by molar-refractivity contribution is 0.594. The van der Waals surface area contributed by atoms with Gasteiger partial charge in [0.15, 0.2) is 0 Å². The van der Waals surface area contributed by atoms with Crippen LogP contribution in [-0.2, 0) is 39.3 Å². The van der Waals surface area contributed by atoms with Gasteiger partial charge in [-0.05, 0) is 144 Å². The lowest BCUT2D eigenvalue weighted by Gasteiger charge is -2.10. The van der Waals surface area contributed by atoms with Crippen LogP contribution in [0.3, 0.4) is 0 Å². The number of benzene rings is 8. The van der Waals surface area contributed by atoms with Crippen molar-refractivity contribution in [1.82, 2.24) is 0 Å². The Morgan fingerprint density at radius 3 is 0.694 bits per heavy atom. The van der Waals surface area contributed by atoms with Crippen LogP contribution >= 0.6 is 0 Å². The van der Waals surface area contributed by atoms with Crippen molar-refractivity contribution >= 4 is 39.3 Å². The molecule has 0 bridgehead atoms. The highest BCUT2D eigenvalue weighted by molar-refractivity contribution is 7.92. The Bertz CT molecular complexity index is 3380. The highest BCUT2D eigenvalue weighted by Gasteiger charge is 2.22. The molecule has 0 fully saturated rings. The summed E-state index contributed by atoms with van der Waals surface area (Å²) in [5, 5.41) is 0. The minimum absolute atomic E-state index is 0.0715. The molecule has 12 heteroatoms. The van der Waals surface area contributed by atoms with Crippen molar-refractivity contribution in [2.24, 2.45) is 0 Å². The van der Waals surface area contributed by atoms with Crippen molar-refractivity contribution < 1.29 is 33.7 Å². The van der Waals surface area contributed by atoms with E-state index in [0.717, 1.165) is 22.3 Å². The minimum atomic E-state index is -3.90. The Kier molecular flexibility index (Phi) is 11.2. The smallest absolute Gasteiger partial charge is 0.206 e. The van der Waals surface area contributed by atoms with Gasteiger partial charge in [-0.25, -0.2) is 33.7 Å². The third-order valence-corrected chi connectivity index (χ3v) is 17.8. The van der Waals surface area contributed by atoms with Crippen LogP contribution in [-0.4, -0.2) is 33.7 Å². The van der Waals surface area contributed by atoms with Crippen LogP contribution < -0.4 is 0 Å². The largest absolute Gasteiger partial charge is 0.219 e. The molecule has 8 aromatic carbocycles. The number of sulfone groups is 4. The Hall–Kier alpha value is -6.44. The summed E-state index contributed by atoms with van der Waals surface area (Å²) in [7, 11) is -15.2. The summed E-state index contributed by atoms with van der Waals surface area (Å²) in [5.74, 6) is 0. The maximum atomic E-state index is 13.6. The van der Waals surface area contributed by atoms with Gasteiger partial charge in [0.2, 0.25) is 39.3 Å². The summed E-state index contributed by atoms with van der Waals surface area (Å²) in [6, 6.07) is 51.6. The molecule has 0 atom stereocenters. The second-order valence-electron chi connectivity index (χ2n) is 14.8. The van der Waals surface area contributed by atoms with Gasteiger partial charge in [-0.3, -0.25) is 0 Å². The molecule has 0 aliphatic carbocycles. The summed E-state index contributed by atoms with van der Waals surface area (Å²) in [5.41, 5.74) is 6.00. The van der Waals surface area contributed by atoms with E-state index >= 15 is 0 Å². The molecule has 62 heavy (non-hydrogen) atoms. The van der Waals surface area contributed by atoms with Crippen LogP contribution in [0.15, 0.2) is 233 Å². The molecule has 8 rings (SSSR count). The average molecular weight is 895 g/mol. The normalized spacial score (nSPS) is 12.2. The predicted octanol–water partition coefficient (Wildman–Crippen LogP) is 10.6. The highest BCUT2D eigenvalue weighted by atomic mass is 32.2. The maximum Gasteiger partial charge on any atom is 0.206 e. The van der Waals surface area contributed by atoms with Crippen LogP contribution in [0.5, 0.6) is 0 Å². The van der Waals surface area contributed by atoms with E-state index in [4.69, 9.17) is 0 Å². The number of hydrogen-bond acceptors (Lipinski definition) is 8. The molecule has 0 heterocycles. The van der Waals surface area contributed by atoms with E-state index in [1.165, 1.54) is 66.7 Å². The predicted molar refractivity (Wildman–Crippen MR) is 240 cm³/mol. The van der Waals surface area contributed by atoms with Crippen LogP contribution in [0.2, 0.25) is 0 Å². The first-order valence-corrected chi connectivity index (χ1v) is 25.2. The fourth-order valence-corrected chi connectivity index (χ4v) is 12.0. The highest BCUT2D eigenvalue weighted by Crippen LogP contribution is 2.32. The van der Waals surface area contributed by atoms with Gasteiger partial charge in [0.25, 0.3) is 0 Å². The second-order valence-corrected chi connectivity index (χ2v) is 22.6. The molecule has 0 saturated heterocycles. The molecule has 0 aromatic heterocycles. The zero-order chi connectivity index (χ0) is 43.9. The van der Waals surface area contributed by atoms with Gasteiger partial charge in [0.1, 0.15) is 0 Å². The van der Waals surface area contributed by atoms with Crippen LogP contribution in [0, 0.1) is 13.8 Å². The van der Waals surface area contributed by atoms with Gasteiger partial charge >= 0.3 is 0 Å².